The van der Waals surface area contributed by atoms with E-state index in [0.29, 0.717) is 28.8 Å². The number of nitrogens with one attached hydrogen (secondary N) is 1. The van der Waals surface area contributed by atoms with E-state index in [9.17, 15) is 9.59 Å². The highest BCUT2D eigenvalue weighted by Gasteiger charge is 2.21. The minimum atomic E-state index is -0.302. The molecular formula is C20H23ClN2O4. The average molecular weight is 391 g/mol. The molecule has 144 valence electrons. The number of hydrogen-bond acceptors (Lipinski definition) is 4. The van der Waals surface area contributed by atoms with Crippen LogP contribution in [0.5, 0.6) is 11.5 Å². The van der Waals surface area contributed by atoms with E-state index in [1.54, 1.807) is 12.1 Å². The number of aryl methyl sites for hydroxylation is 1. The Labute approximate surface area is 164 Å². The number of hydrogen-bond donors (Lipinski definition) is 1. The van der Waals surface area contributed by atoms with E-state index in [4.69, 9.17) is 21.1 Å². The maximum absolute atomic E-state index is 12.4. The lowest BCUT2D eigenvalue weighted by Gasteiger charge is -2.24. The Balaban J connectivity index is 2.19. The lowest BCUT2D eigenvalue weighted by Crippen LogP contribution is -2.39. The summed E-state index contributed by atoms with van der Waals surface area (Å²) in [5, 5.41) is 3.19. The van der Waals surface area contributed by atoms with E-state index in [1.165, 1.54) is 26.0 Å². The van der Waals surface area contributed by atoms with Crippen molar-refractivity contribution in [1.82, 2.24) is 5.32 Å². The number of carbonyl (C=O) groups excluding carboxylic acids is 2. The number of carbonyl (C=O) groups is 2. The van der Waals surface area contributed by atoms with Gasteiger partial charge in [-0.25, -0.2) is 0 Å². The van der Waals surface area contributed by atoms with Crippen LogP contribution in [0.4, 0.5) is 5.69 Å². The molecule has 0 aliphatic heterocycles. The van der Waals surface area contributed by atoms with E-state index in [0.717, 1.165) is 11.1 Å². The van der Waals surface area contributed by atoms with Gasteiger partial charge in [0, 0.05) is 25.6 Å². The number of halogens is 1. The zero-order chi connectivity index (χ0) is 20.0. The Bertz CT molecular complexity index is 839. The molecule has 0 radical (unpaired) electrons. The summed E-state index contributed by atoms with van der Waals surface area (Å²) >= 11 is 6.11. The Hall–Kier alpha value is -2.73. The third kappa shape index (κ3) is 5.14. The molecule has 2 aromatic carbocycles. The van der Waals surface area contributed by atoms with Gasteiger partial charge in [0.1, 0.15) is 18.0 Å². The lowest BCUT2D eigenvalue weighted by molar-refractivity contribution is -0.123. The van der Waals surface area contributed by atoms with Crippen LogP contribution in [0, 0.1) is 6.92 Å². The third-order valence-corrected chi connectivity index (χ3v) is 4.46. The summed E-state index contributed by atoms with van der Waals surface area (Å²) in [4.78, 5) is 25.9. The summed E-state index contributed by atoms with van der Waals surface area (Å²) in [5.74, 6) is 0.176. The van der Waals surface area contributed by atoms with Gasteiger partial charge in [0.25, 0.3) is 0 Å². The van der Waals surface area contributed by atoms with Gasteiger partial charge in [-0.05, 0) is 18.1 Å². The number of methoxy groups -OCH3 is 2. The van der Waals surface area contributed by atoms with Crippen LogP contribution in [-0.4, -0.2) is 32.6 Å². The first-order chi connectivity index (χ1) is 12.9. The molecule has 0 bridgehead atoms. The molecule has 0 saturated heterocycles. The maximum Gasteiger partial charge on any atom is 0.240 e. The fourth-order valence-electron chi connectivity index (χ4n) is 2.62. The van der Waals surface area contributed by atoms with Gasteiger partial charge in [-0.15, -0.1) is 0 Å². The van der Waals surface area contributed by atoms with Crippen LogP contribution in [0.25, 0.3) is 0 Å². The fraction of sp³-hybridized carbons (Fsp3) is 0.300. The molecule has 0 aliphatic rings. The molecule has 2 amide bonds. The first-order valence-corrected chi connectivity index (χ1v) is 8.76. The second-order valence-electron chi connectivity index (χ2n) is 5.97. The van der Waals surface area contributed by atoms with Gasteiger partial charge < -0.3 is 14.8 Å². The van der Waals surface area contributed by atoms with E-state index < -0.39 is 0 Å². The van der Waals surface area contributed by atoms with Crippen molar-refractivity contribution in [3.8, 4) is 11.5 Å². The molecule has 0 spiro atoms. The standard InChI is InChI=1S/C20H23ClN2O4/c1-13-7-5-6-8-15(13)11-22-20(25)12-23(14(2)24)17-10-18(26-3)16(21)9-19(17)27-4/h5-10H,11-12H2,1-4H3,(H,22,25). The predicted octanol–water partition coefficient (Wildman–Crippen LogP) is 3.33. The van der Waals surface area contributed by atoms with E-state index in [1.807, 2.05) is 31.2 Å². The van der Waals surface area contributed by atoms with Gasteiger partial charge in [-0.2, -0.15) is 0 Å². The maximum atomic E-state index is 12.4. The van der Waals surface area contributed by atoms with Crippen molar-refractivity contribution in [3.63, 3.8) is 0 Å². The summed E-state index contributed by atoms with van der Waals surface area (Å²) in [7, 11) is 2.95. The number of ether oxygens (including phenoxy) is 2. The Kier molecular flexibility index (Phi) is 7.07. The molecule has 0 aliphatic carbocycles. The monoisotopic (exact) mass is 390 g/mol. The van der Waals surface area contributed by atoms with Crippen molar-refractivity contribution >= 4 is 29.1 Å². The summed E-state index contributed by atoms with van der Waals surface area (Å²) in [6.45, 7) is 3.60. The smallest absolute Gasteiger partial charge is 0.240 e. The van der Waals surface area contributed by atoms with Gasteiger partial charge in [0.05, 0.1) is 24.9 Å². The molecule has 0 unspecified atom stereocenters. The topological polar surface area (TPSA) is 67.9 Å². The van der Waals surface area contributed by atoms with Crippen LogP contribution in [-0.2, 0) is 16.1 Å². The van der Waals surface area contributed by atoms with Gasteiger partial charge >= 0.3 is 0 Å². The Morgan fingerprint density at radius 2 is 1.78 bits per heavy atom. The molecular weight excluding hydrogens is 368 g/mol. The number of amides is 2. The molecule has 27 heavy (non-hydrogen) atoms. The molecule has 7 heteroatoms. The van der Waals surface area contributed by atoms with Crippen LogP contribution in [0.1, 0.15) is 18.1 Å². The second-order valence-corrected chi connectivity index (χ2v) is 6.37. The van der Waals surface area contributed by atoms with Crippen molar-refractivity contribution in [2.45, 2.75) is 20.4 Å². The zero-order valence-corrected chi connectivity index (χ0v) is 16.6. The molecule has 1 N–H and O–H groups in total. The predicted molar refractivity (Wildman–Crippen MR) is 106 cm³/mol. The van der Waals surface area contributed by atoms with Gasteiger partial charge in [-0.3, -0.25) is 14.5 Å². The minimum Gasteiger partial charge on any atom is -0.495 e. The Morgan fingerprint density at radius 3 is 2.37 bits per heavy atom. The van der Waals surface area contributed by atoms with Gasteiger partial charge in [0.15, 0.2) is 0 Å². The first-order valence-electron chi connectivity index (χ1n) is 8.38. The molecule has 0 atom stereocenters. The first kappa shape index (κ1) is 20.6. The highest BCUT2D eigenvalue weighted by molar-refractivity contribution is 6.32. The van der Waals surface area contributed by atoms with Crippen LogP contribution in [0.3, 0.4) is 0 Å². The van der Waals surface area contributed by atoms with Crippen molar-refractivity contribution < 1.29 is 19.1 Å². The molecule has 0 fully saturated rings. The number of rotatable bonds is 7. The van der Waals surface area contributed by atoms with E-state index >= 15 is 0 Å². The van der Waals surface area contributed by atoms with Gasteiger partial charge in [-0.1, -0.05) is 35.9 Å². The molecule has 2 aromatic rings. The largest absolute Gasteiger partial charge is 0.495 e. The van der Waals surface area contributed by atoms with Gasteiger partial charge in [0.2, 0.25) is 11.8 Å². The third-order valence-electron chi connectivity index (χ3n) is 4.16. The van der Waals surface area contributed by atoms with Crippen LogP contribution in [0.2, 0.25) is 5.02 Å². The quantitative estimate of drug-likeness (QED) is 0.787. The number of benzene rings is 2. The minimum absolute atomic E-state index is 0.150. The highest BCUT2D eigenvalue weighted by atomic mass is 35.5. The summed E-state index contributed by atoms with van der Waals surface area (Å²) < 4.78 is 10.5. The molecule has 0 heterocycles. The lowest BCUT2D eigenvalue weighted by atomic mass is 10.1. The normalized spacial score (nSPS) is 10.3. The Morgan fingerprint density at radius 1 is 1.11 bits per heavy atom. The second kappa shape index (κ2) is 9.28. The fourth-order valence-corrected chi connectivity index (χ4v) is 2.85. The number of nitrogens with zero attached hydrogens (tertiary/aromatic N) is 1. The average Bonchev–Trinajstić information content (AvgIpc) is 2.65. The number of anilines is 1. The van der Waals surface area contributed by atoms with E-state index in [2.05, 4.69) is 5.32 Å². The zero-order valence-electron chi connectivity index (χ0n) is 15.8. The molecule has 2 rings (SSSR count). The van der Waals surface area contributed by atoms with Crippen LogP contribution in [0.15, 0.2) is 36.4 Å². The van der Waals surface area contributed by atoms with Crippen molar-refractivity contribution in [3.05, 3.63) is 52.5 Å². The molecule has 6 nitrogen and oxygen atoms in total. The summed E-state index contributed by atoms with van der Waals surface area (Å²) in [5.41, 5.74) is 2.52. The summed E-state index contributed by atoms with van der Waals surface area (Å²) in [6.07, 6.45) is 0. The van der Waals surface area contributed by atoms with Crippen LogP contribution < -0.4 is 19.7 Å². The molecule has 0 saturated carbocycles. The van der Waals surface area contributed by atoms with Crippen molar-refractivity contribution in [1.29, 1.82) is 0 Å². The van der Waals surface area contributed by atoms with Crippen molar-refractivity contribution in [2.24, 2.45) is 0 Å². The summed E-state index contributed by atoms with van der Waals surface area (Å²) in [6, 6.07) is 10.9. The SMILES string of the molecule is COc1cc(N(CC(=O)NCc2ccccc2C)C(C)=O)c(OC)cc1Cl. The van der Waals surface area contributed by atoms with Crippen LogP contribution >= 0.6 is 11.6 Å². The highest BCUT2D eigenvalue weighted by Crippen LogP contribution is 2.38. The van der Waals surface area contributed by atoms with Crippen molar-refractivity contribution in [2.75, 3.05) is 25.7 Å². The molecule has 0 aromatic heterocycles. The van der Waals surface area contributed by atoms with E-state index in [-0.39, 0.29) is 18.4 Å².